The second-order valence-corrected chi connectivity index (χ2v) is 7.48. The molecule has 1 saturated heterocycles. The van der Waals surface area contributed by atoms with Crippen LogP contribution in [0.15, 0.2) is 29.2 Å². The molecular weight excluding hydrogens is 338 g/mol. The van der Waals surface area contributed by atoms with Crippen molar-refractivity contribution < 1.29 is 13.2 Å². The van der Waals surface area contributed by atoms with Crippen LogP contribution in [0, 0.1) is 5.92 Å². The van der Waals surface area contributed by atoms with E-state index in [0.29, 0.717) is 24.9 Å². The fourth-order valence-corrected chi connectivity index (χ4v) is 3.36. The van der Waals surface area contributed by atoms with E-state index in [1.54, 1.807) is 12.1 Å². The summed E-state index contributed by atoms with van der Waals surface area (Å²) in [5, 5.41) is 5.06. The molecule has 1 aromatic rings. The van der Waals surface area contributed by atoms with E-state index in [1.165, 1.54) is 18.6 Å². The van der Waals surface area contributed by atoms with Crippen molar-refractivity contribution in [2.24, 2.45) is 16.8 Å². The van der Waals surface area contributed by atoms with Crippen molar-refractivity contribution in [2.75, 3.05) is 26.2 Å². The molecule has 0 spiro atoms. The number of sulfonamides is 1. The highest BCUT2D eigenvalue weighted by Gasteiger charge is 2.24. The molecule has 0 radical (unpaired) electrons. The van der Waals surface area contributed by atoms with Crippen LogP contribution in [-0.2, 0) is 10.0 Å². The maximum atomic E-state index is 11.2. The molecular formula is C15H26ClN3O3S. The molecule has 1 aromatic carbocycles. The summed E-state index contributed by atoms with van der Waals surface area (Å²) in [5.74, 6) is 1.37. The van der Waals surface area contributed by atoms with Crippen LogP contribution in [-0.4, -0.2) is 45.6 Å². The zero-order chi connectivity index (χ0) is 16.2. The molecule has 0 saturated carbocycles. The highest BCUT2D eigenvalue weighted by molar-refractivity contribution is 7.89. The molecule has 1 fully saturated rings. The van der Waals surface area contributed by atoms with Gasteiger partial charge in [-0.15, -0.1) is 12.4 Å². The standard InChI is InChI=1S/C15H25N3O3S.ClH/c1-12-6-7-18(13(10-12)11-16)8-9-21-14-2-4-15(5-3-14)22(17,19)20;/h2-5,12-13H,6-11,16H2,1H3,(H2,17,19,20);1H. The summed E-state index contributed by atoms with van der Waals surface area (Å²) in [6.07, 6.45) is 2.33. The summed E-state index contributed by atoms with van der Waals surface area (Å²) in [7, 11) is -3.65. The van der Waals surface area contributed by atoms with E-state index in [9.17, 15) is 8.42 Å². The first-order valence-corrected chi connectivity index (χ1v) is 9.14. The molecule has 1 heterocycles. The first kappa shape index (κ1) is 20.2. The molecule has 2 atom stereocenters. The van der Waals surface area contributed by atoms with Gasteiger partial charge in [-0.25, -0.2) is 13.6 Å². The fraction of sp³-hybridized carbons (Fsp3) is 0.600. The van der Waals surface area contributed by atoms with Gasteiger partial charge in [-0.1, -0.05) is 6.92 Å². The summed E-state index contributed by atoms with van der Waals surface area (Å²) in [6, 6.07) is 6.58. The lowest BCUT2D eigenvalue weighted by Crippen LogP contribution is -2.47. The third-order valence-corrected chi connectivity index (χ3v) is 5.10. The average molecular weight is 364 g/mol. The number of primary sulfonamides is 1. The lowest BCUT2D eigenvalue weighted by atomic mass is 9.92. The van der Waals surface area contributed by atoms with Crippen LogP contribution in [0.3, 0.4) is 0 Å². The van der Waals surface area contributed by atoms with Gasteiger partial charge in [0.15, 0.2) is 0 Å². The monoisotopic (exact) mass is 363 g/mol. The minimum Gasteiger partial charge on any atom is -0.492 e. The minimum absolute atomic E-state index is 0. The molecule has 23 heavy (non-hydrogen) atoms. The summed E-state index contributed by atoms with van der Waals surface area (Å²) in [6.45, 7) is 5.37. The van der Waals surface area contributed by atoms with Gasteiger partial charge in [-0.2, -0.15) is 0 Å². The smallest absolute Gasteiger partial charge is 0.238 e. The zero-order valence-electron chi connectivity index (χ0n) is 13.3. The Morgan fingerprint density at radius 1 is 1.30 bits per heavy atom. The second kappa shape index (κ2) is 8.84. The number of rotatable bonds is 6. The topological polar surface area (TPSA) is 98.6 Å². The van der Waals surface area contributed by atoms with E-state index >= 15 is 0 Å². The number of hydrogen-bond acceptors (Lipinski definition) is 5. The lowest BCUT2D eigenvalue weighted by Gasteiger charge is -2.37. The third kappa shape index (κ3) is 5.93. The van der Waals surface area contributed by atoms with Gasteiger partial charge < -0.3 is 10.5 Å². The maximum absolute atomic E-state index is 11.2. The van der Waals surface area contributed by atoms with Crippen molar-refractivity contribution in [3.63, 3.8) is 0 Å². The second-order valence-electron chi connectivity index (χ2n) is 5.92. The molecule has 0 amide bonds. The van der Waals surface area contributed by atoms with Crippen molar-refractivity contribution in [3.05, 3.63) is 24.3 Å². The van der Waals surface area contributed by atoms with Crippen LogP contribution in [0.2, 0.25) is 0 Å². The third-order valence-electron chi connectivity index (χ3n) is 4.17. The first-order valence-electron chi connectivity index (χ1n) is 7.60. The number of ether oxygens (including phenoxy) is 1. The molecule has 1 aliphatic heterocycles. The summed E-state index contributed by atoms with van der Waals surface area (Å²) in [4.78, 5) is 2.46. The number of hydrogen-bond donors (Lipinski definition) is 2. The molecule has 0 bridgehead atoms. The number of piperidine rings is 1. The molecule has 0 aliphatic carbocycles. The highest BCUT2D eigenvalue weighted by atomic mass is 35.5. The predicted octanol–water partition coefficient (Wildman–Crippen LogP) is 1.19. The van der Waals surface area contributed by atoms with Gasteiger partial charge in [-0.05, 0) is 49.6 Å². The van der Waals surface area contributed by atoms with E-state index in [2.05, 4.69) is 11.8 Å². The van der Waals surface area contributed by atoms with Crippen LogP contribution in [0.4, 0.5) is 0 Å². The Labute approximate surface area is 144 Å². The molecule has 132 valence electrons. The molecule has 8 heteroatoms. The lowest BCUT2D eigenvalue weighted by molar-refractivity contribution is 0.103. The maximum Gasteiger partial charge on any atom is 0.238 e. The highest BCUT2D eigenvalue weighted by Crippen LogP contribution is 2.21. The summed E-state index contributed by atoms with van der Waals surface area (Å²) in [5.41, 5.74) is 5.84. The molecule has 2 unspecified atom stereocenters. The molecule has 1 aliphatic rings. The minimum atomic E-state index is -3.65. The average Bonchev–Trinajstić information content (AvgIpc) is 2.48. The van der Waals surface area contributed by atoms with Gasteiger partial charge in [0.05, 0.1) is 4.90 Å². The fourth-order valence-electron chi connectivity index (χ4n) is 2.85. The van der Waals surface area contributed by atoms with Crippen molar-refractivity contribution in [1.82, 2.24) is 4.90 Å². The van der Waals surface area contributed by atoms with Crippen molar-refractivity contribution in [2.45, 2.75) is 30.7 Å². The van der Waals surface area contributed by atoms with E-state index in [1.807, 2.05) is 0 Å². The summed E-state index contributed by atoms with van der Waals surface area (Å²) < 4.78 is 28.0. The van der Waals surface area contributed by atoms with Crippen LogP contribution in [0.1, 0.15) is 19.8 Å². The Morgan fingerprint density at radius 3 is 2.52 bits per heavy atom. The Balaban J connectivity index is 0.00000264. The van der Waals surface area contributed by atoms with Gasteiger partial charge in [0.25, 0.3) is 0 Å². The van der Waals surface area contributed by atoms with E-state index in [-0.39, 0.29) is 17.3 Å². The largest absolute Gasteiger partial charge is 0.492 e. The Kier molecular flexibility index (Phi) is 7.76. The molecule has 2 rings (SSSR count). The Bertz CT molecular complexity index is 580. The number of likely N-dealkylation sites (tertiary alicyclic amines) is 1. The first-order chi connectivity index (χ1) is 10.4. The van der Waals surface area contributed by atoms with Crippen LogP contribution in [0.25, 0.3) is 0 Å². The molecule has 4 N–H and O–H groups in total. The summed E-state index contributed by atoms with van der Waals surface area (Å²) >= 11 is 0. The van der Waals surface area contributed by atoms with Crippen LogP contribution < -0.4 is 15.6 Å². The number of nitrogens with zero attached hydrogens (tertiary/aromatic N) is 1. The van der Waals surface area contributed by atoms with E-state index in [0.717, 1.165) is 25.4 Å². The van der Waals surface area contributed by atoms with Gasteiger partial charge in [0.2, 0.25) is 10.0 Å². The number of nitrogens with two attached hydrogens (primary N) is 2. The quantitative estimate of drug-likeness (QED) is 0.791. The van der Waals surface area contributed by atoms with Crippen LogP contribution >= 0.6 is 12.4 Å². The molecule has 6 nitrogen and oxygen atoms in total. The van der Waals surface area contributed by atoms with Gasteiger partial charge in [0, 0.05) is 19.1 Å². The number of halogens is 1. The van der Waals surface area contributed by atoms with Gasteiger partial charge >= 0.3 is 0 Å². The van der Waals surface area contributed by atoms with Gasteiger partial charge in [0.1, 0.15) is 12.4 Å². The van der Waals surface area contributed by atoms with Crippen molar-refractivity contribution in [1.29, 1.82) is 0 Å². The normalized spacial score (nSPS) is 22.4. The van der Waals surface area contributed by atoms with Crippen LogP contribution in [0.5, 0.6) is 5.75 Å². The number of benzene rings is 1. The van der Waals surface area contributed by atoms with E-state index in [4.69, 9.17) is 15.6 Å². The Hall–Kier alpha value is -0.860. The SMILES string of the molecule is CC1CCN(CCOc2ccc(S(N)(=O)=O)cc2)C(CN)C1.Cl. The Morgan fingerprint density at radius 2 is 1.96 bits per heavy atom. The van der Waals surface area contributed by atoms with Crippen molar-refractivity contribution >= 4 is 22.4 Å². The van der Waals surface area contributed by atoms with Gasteiger partial charge in [-0.3, -0.25) is 4.90 Å². The molecule has 0 aromatic heterocycles. The van der Waals surface area contributed by atoms with E-state index < -0.39 is 10.0 Å². The zero-order valence-corrected chi connectivity index (χ0v) is 15.0. The predicted molar refractivity (Wildman–Crippen MR) is 93.4 cm³/mol. The van der Waals surface area contributed by atoms with Crippen molar-refractivity contribution in [3.8, 4) is 5.75 Å².